The highest BCUT2D eigenvalue weighted by Gasteiger charge is 2.37. The Morgan fingerprint density at radius 1 is 0.839 bits per heavy atom. The normalized spacial score (nSPS) is 13.8. The average Bonchev–Trinajstić information content (AvgIpc) is 2.67. The zero-order chi connectivity index (χ0) is 22.5. The van der Waals surface area contributed by atoms with E-state index in [1.165, 1.54) is 24.3 Å². The molecule has 0 saturated heterocycles. The summed E-state index contributed by atoms with van der Waals surface area (Å²) in [4.78, 5) is 0. The van der Waals surface area contributed by atoms with Crippen LogP contribution in [0.3, 0.4) is 0 Å². The zero-order valence-electron chi connectivity index (χ0n) is 15.8. The number of hydrogen-bond acceptors (Lipinski definition) is 5. The second kappa shape index (κ2) is 10.9. The fraction of sp³-hybridized carbons (Fsp3) is 0.368. The number of alkyl halides is 6. The van der Waals surface area contributed by atoms with Crippen molar-refractivity contribution < 1.29 is 46.0 Å². The van der Waals surface area contributed by atoms with Crippen molar-refractivity contribution in [3.8, 4) is 17.2 Å². The maximum Gasteiger partial charge on any atom is 0.416 e. The molecule has 0 aliphatic rings. The van der Waals surface area contributed by atoms with Gasteiger partial charge in [-0.2, -0.15) is 26.3 Å². The Kier molecular flexibility index (Phi) is 9.43. The van der Waals surface area contributed by atoms with Crippen LogP contribution in [0.15, 0.2) is 42.5 Å². The van der Waals surface area contributed by atoms with E-state index >= 15 is 0 Å². The van der Waals surface area contributed by atoms with Gasteiger partial charge in [0.25, 0.3) is 0 Å². The lowest BCUT2D eigenvalue weighted by Crippen LogP contribution is -2.38. The van der Waals surface area contributed by atoms with Gasteiger partial charge < -0.3 is 25.4 Å². The summed E-state index contributed by atoms with van der Waals surface area (Å²) in [5.41, 5.74) is 2.49. The van der Waals surface area contributed by atoms with Gasteiger partial charge in [0.15, 0.2) is 0 Å². The minimum Gasteiger partial charge on any atom is -0.493 e. The van der Waals surface area contributed by atoms with Crippen molar-refractivity contribution in [3.05, 3.63) is 53.6 Å². The third-order valence-corrected chi connectivity index (χ3v) is 4.01. The number of nitrogens with two attached hydrogens (primary N) is 1. The van der Waals surface area contributed by atoms with Crippen LogP contribution in [0.2, 0.25) is 0 Å². The van der Waals surface area contributed by atoms with Gasteiger partial charge in [0.05, 0.1) is 36.5 Å². The van der Waals surface area contributed by atoms with Crippen molar-refractivity contribution in [1.82, 2.24) is 0 Å². The summed E-state index contributed by atoms with van der Waals surface area (Å²) in [6, 6.07) is 5.56. The van der Waals surface area contributed by atoms with Gasteiger partial charge >= 0.3 is 12.4 Å². The molecule has 2 atom stereocenters. The number of halogens is 7. The Morgan fingerprint density at radius 3 is 1.77 bits per heavy atom. The van der Waals surface area contributed by atoms with E-state index in [9.17, 15) is 31.4 Å². The number of benzene rings is 2. The summed E-state index contributed by atoms with van der Waals surface area (Å²) >= 11 is 0. The summed E-state index contributed by atoms with van der Waals surface area (Å²) in [7, 11) is 0. The van der Waals surface area contributed by atoms with E-state index in [2.05, 4.69) is 0 Å². The Hall–Kier alpha value is -2.21. The molecule has 0 saturated carbocycles. The molecule has 174 valence electrons. The van der Waals surface area contributed by atoms with Crippen LogP contribution in [-0.4, -0.2) is 35.6 Å². The highest BCUT2D eigenvalue weighted by Crippen LogP contribution is 2.39. The molecule has 0 bridgehead atoms. The third kappa shape index (κ3) is 8.09. The molecule has 2 rings (SSSR count). The molecule has 12 heteroatoms. The molecule has 0 fully saturated rings. The molecule has 0 aromatic heterocycles. The first kappa shape index (κ1) is 26.8. The first-order chi connectivity index (χ1) is 13.9. The third-order valence-electron chi connectivity index (χ3n) is 4.01. The predicted molar refractivity (Wildman–Crippen MR) is 101 cm³/mol. The van der Waals surface area contributed by atoms with Crippen molar-refractivity contribution in [2.45, 2.75) is 30.9 Å². The summed E-state index contributed by atoms with van der Waals surface area (Å²) < 4.78 is 87.9. The molecule has 5 nitrogen and oxygen atoms in total. The van der Waals surface area contributed by atoms with E-state index < -0.39 is 48.0 Å². The van der Waals surface area contributed by atoms with Crippen LogP contribution in [0.5, 0.6) is 17.2 Å². The quantitative estimate of drug-likeness (QED) is 0.493. The Morgan fingerprint density at radius 2 is 1.32 bits per heavy atom. The predicted octanol–water partition coefficient (Wildman–Crippen LogP) is 4.39. The molecule has 2 aromatic rings. The van der Waals surface area contributed by atoms with Gasteiger partial charge in [-0.15, -0.1) is 12.4 Å². The van der Waals surface area contributed by atoms with Crippen molar-refractivity contribution in [2.75, 3.05) is 13.2 Å². The van der Waals surface area contributed by atoms with E-state index in [0.717, 1.165) is 0 Å². The largest absolute Gasteiger partial charge is 0.493 e. The van der Waals surface area contributed by atoms with Gasteiger partial charge in [0, 0.05) is 6.42 Å². The standard InChI is InChI=1S/C19H19F6NO4.ClH/c20-18(21,22)11-7-12(19(23,24)25)9-15(8-11)30-14-3-1-13(2-4-14)29-6-5-17(28)16(26)10-27;/h1-4,7-9,16-17,27-28H,5-6,10,26H2;1H. The fourth-order valence-electron chi connectivity index (χ4n) is 2.36. The summed E-state index contributed by atoms with van der Waals surface area (Å²) in [6.45, 7) is -0.323. The van der Waals surface area contributed by atoms with Crippen LogP contribution in [0.25, 0.3) is 0 Å². The van der Waals surface area contributed by atoms with E-state index in [1.54, 1.807) is 0 Å². The lowest BCUT2D eigenvalue weighted by Gasteiger charge is -2.16. The Bertz CT molecular complexity index is 797. The van der Waals surface area contributed by atoms with Crippen molar-refractivity contribution in [3.63, 3.8) is 0 Å². The molecular weight excluding hydrogens is 456 g/mol. The number of rotatable bonds is 8. The van der Waals surface area contributed by atoms with Crippen LogP contribution in [0.4, 0.5) is 26.3 Å². The minimum atomic E-state index is -4.97. The van der Waals surface area contributed by atoms with Gasteiger partial charge in [-0.3, -0.25) is 0 Å². The lowest BCUT2D eigenvalue weighted by atomic mass is 10.1. The van der Waals surface area contributed by atoms with E-state index in [4.69, 9.17) is 20.3 Å². The van der Waals surface area contributed by atoms with E-state index in [0.29, 0.717) is 17.9 Å². The summed E-state index contributed by atoms with van der Waals surface area (Å²) in [6.07, 6.45) is -10.8. The zero-order valence-corrected chi connectivity index (χ0v) is 16.6. The number of aliphatic hydroxyl groups excluding tert-OH is 2. The Balaban J connectivity index is 0.00000480. The summed E-state index contributed by atoms with van der Waals surface area (Å²) in [5, 5.41) is 18.5. The van der Waals surface area contributed by atoms with Crippen LogP contribution in [0.1, 0.15) is 17.5 Å². The molecule has 0 aliphatic carbocycles. The monoisotopic (exact) mass is 475 g/mol. The molecule has 0 heterocycles. The van der Waals surface area contributed by atoms with E-state index in [-0.39, 0.29) is 37.3 Å². The lowest BCUT2D eigenvalue weighted by molar-refractivity contribution is -0.143. The number of aliphatic hydroxyl groups is 2. The van der Waals surface area contributed by atoms with Gasteiger partial charge in [0.1, 0.15) is 17.2 Å². The Labute approximate surface area is 179 Å². The second-order valence-electron chi connectivity index (χ2n) is 6.37. The molecule has 0 spiro atoms. The molecule has 0 aliphatic heterocycles. The molecule has 2 aromatic carbocycles. The molecular formula is C19H20ClF6NO4. The molecule has 2 unspecified atom stereocenters. The van der Waals surface area contributed by atoms with Crippen LogP contribution < -0.4 is 15.2 Å². The summed E-state index contributed by atoms with van der Waals surface area (Å²) in [5.74, 6) is -0.295. The topological polar surface area (TPSA) is 84.9 Å². The maximum atomic E-state index is 12.9. The second-order valence-corrected chi connectivity index (χ2v) is 6.37. The van der Waals surface area contributed by atoms with Crippen molar-refractivity contribution in [1.29, 1.82) is 0 Å². The molecule has 0 radical (unpaired) electrons. The first-order valence-electron chi connectivity index (χ1n) is 8.65. The van der Waals surface area contributed by atoms with Crippen LogP contribution in [-0.2, 0) is 12.4 Å². The van der Waals surface area contributed by atoms with Crippen molar-refractivity contribution >= 4 is 12.4 Å². The van der Waals surface area contributed by atoms with Gasteiger partial charge in [-0.05, 0) is 42.5 Å². The molecule has 4 N–H and O–H groups in total. The smallest absolute Gasteiger partial charge is 0.416 e. The van der Waals surface area contributed by atoms with Crippen LogP contribution in [0, 0.1) is 0 Å². The SMILES string of the molecule is Cl.NC(CO)C(O)CCOc1ccc(Oc2cc(C(F)(F)F)cc(C(F)(F)F)c2)cc1. The van der Waals surface area contributed by atoms with Crippen LogP contribution >= 0.6 is 12.4 Å². The van der Waals surface area contributed by atoms with Gasteiger partial charge in [-0.1, -0.05) is 0 Å². The molecule has 31 heavy (non-hydrogen) atoms. The first-order valence-corrected chi connectivity index (χ1v) is 8.65. The number of ether oxygens (including phenoxy) is 2. The van der Waals surface area contributed by atoms with E-state index in [1.807, 2.05) is 0 Å². The highest BCUT2D eigenvalue weighted by molar-refractivity contribution is 5.85. The molecule has 0 amide bonds. The average molecular weight is 476 g/mol. The van der Waals surface area contributed by atoms with Gasteiger partial charge in [0.2, 0.25) is 0 Å². The maximum absolute atomic E-state index is 12.9. The number of hydrogen-bond donors (Lipinski definition) is 3. The van der Waals surface area contributed by atoms with Crippen molar-refractivity contribution in [2.24, 2.45) is 5.73 Å². The fourth-order valence-corrected chi connectivity index (χ4v) is 2.36. The minimum absolute atomic E-state index is 0. The van der Waals surface area contributed by atoms with Gasteiger partial charge in [-0.25, -0.2) is 0 Å². The highest BCUT2D eigenvalue weighted by atomic mass is 35.5.